The normalized spacial score (nSPS) is 11.4. The predicted octanol–water partition coefficient (Wildman–Crippen LogP) is 2.66. The average molecular weight is 275 g/mol. The standard InChI is InChI=1S/C15H17NO2S/c1-19(17,18)15-9-7-13(8-10-15)4-2-5-14-6-3-11-16-12-14/h3,6-12H,2,4-5H2,1H3. The van der Waals surface area contributed by atoms with Crippen LogP contribution in [0.4, 0.5) is 0 Å². The highest BCUT2D eigenvalue weighted by Gasteiger charge is 2.05. The van der Waals surface area contributed by atoms with E-state index in [1.54, 1.807) is 18.3 Å². The summed E-state index contributed by atoms with van der Waals surface area (Å²) < 4.78 is 22.7. The van der Waals surface area contributed by atoms with Gasteiger partial charge in [0, 0.05) is 18.6 Å². The molecule has 0 aliphatic carbocycles. The van der Waals surface area contributed by atoms with Crippen LogP contribution < -0.4 is 0 Å². The summed E-state index contributed by atoms with van der Waals surface area (Å²) in [4.78, 5) is 4.46. The molecule has 19 heavy (non-hydrogen) atoms. The quantitative estimate of drug-likeness (QED) is 0.843. The highest BCUT2D eigenvalue weighted by Crippen LogP contribution is 2.12. The highest BCUT2D eigenvalue weighted by atomic mass is 32.2. The monoisotopic (exact) mass is 275 g/mol. The van der Waals surface area contributed by atoms with Crippen LogP contribution in [-0.2, 0) is 22.7 Å². The van der Waals surface area contributed by atoms with Gasteiger partial charge in [-0.1, -0.05) is 18.2 Å². The Morgan fingerprint density at radius 1 is 1.00 bits per heavy atom. The van der Waals surface area contributed by atoms with Crippen molar-refractivity contribution in [2.24, 2.45) is 0 Å². The van der Waals surface area contributed by atoms with Crippen LogP contribution in [0.3, 0.4) is 0 Å². The summed E-state index contributed by atoms with van der Waals surface area (Å²) in [7, 11) is -3.09. The molecule has 1 aromatic heterocycles. The largest absolute Gasteiger partial charge is 0.264 e. The summed E-state index contributed by atoms with van der Waals surface area (Å²) in [5.41, 5.74) is 2.39. The zero-order valence-electron chi connectivity index (χ0n) is 10.9. The second-order valence-corrected chi connectivity index (χ2v) is 6.65. The van der Waals surface area contributed by atoms with Gasteiger partial charge in [0.25, 0.3) is 0 Å². The molecule has 0 fully saturated rings. The van der Waals surface area contributed by atoms with E-state index < -0.39 is 9.84 Å². The third kappa shape index (κ3) is 4.17. The Labute approximate surface area is 114 Å². The lowest BCUT2D eigenvalue weighted by Gasteiger charge is -2.03. The number of hydrogen-bond donors (Lipinski definition) is 0. The molecule has 100 valence electrons. The molecule has 0 N–H and O–H groups in total. The van der Waals surface area contributed by atoms with E-state index in [-0.39, 0.29) is 0 Å². The Morgan fingerprint density at radius 3 is 2.26 bits per heavy atom. The van der Waals surface area contributed by atoms with Crippen molar-refractivity contribution in [1.82, 2.24) is 4.98 Å². The van der Waals surface area contributed by atoms with Crippen LogP contribution in [0.15, 0.2) is 53.7 Å². The van der Waals surface area contributed by atoms with E-state index in [0.29, 0.717) is 4.90 Å². The molecule has 0 saturated carbocycles. The minimum absolute atomic E-state index is 0.378. The zero-order chi connectivity index (χ0) is 13.7. The molecular weight excluding hydrogens is 258 g/mol. The van der Waals surface area contributed by atoms with E-state index in [4.69, 9.17) is 0 Å². The fourth-order valence-corrected chi connectivity index (χ4v) is 2.58. The fourth-order valence-electron chi connectivity index (χ4n) is 1.95. The molecule has 2 aromatic rings. The maximum Gasteiger partial charge on any atom is 0.175 e. The molecule has 0 atom stereocenters. The molecule has 1 aromatic carbocycles. The van der Waals surface area contributed by atoms with Crippen LogP contribution in [0.5, 0.6) is 0 Å². The van der Waals surface area contributed by atoms with Crippen molar-refractivity contribution < 1.29 is 8.42 Å². The molecule has 2 rings (SSSR count). The summed E-state index contributed by atoms with van der Waals surface area (Å²) in [6.07, 6.45) is 7.84. The number of hydrogen-bond acceptors (Lipinski definition) is 3. The number of sulfone groups is 1. The third-order valence-electron chi connectivity index (χ3n) is 3.01. The zero-order valence-corrected chi connectivity index (χ0v) is 11.7. The maximum atomic E-state index is 11.3. The van der Waals surface area contributed by atoms with Gasteiger partial charge in [0.1, 0.15) is 0 Å². The van der Waals surface area contributed by atoms with Crippen LogP contribution >= 0.6 is 0 Å². The molecule has 0 aliphatic rings. The first-order chi connectivity index (χ1) is 9.05. The Balaban J connectivity index is 1.90. The Kier molecular flexibility index (Phi) is 4.32. The molecule has 1 heterocycles. The van der Waals surface area contributed by atoms with Crippen molar-refractivity contribution in [2.45, 2.75) is 24.2 Å². The van der Waals surface area contributed by atoms with Gasteiger partial charge in [-0.2, -0.15) is 0 Å². The molecule has 4 heteroatoms. The van der Waals surface area contributed by atoms with Gasteiger partial charge >= 0.3 is 0 Å². The summed E-state index contributed by atoms with van der Waals surface area (Å²) in [6.45, 7) is 0. The Bertz CT molecular complexity index is 619. The van der Waals surface area contributed by atoms with Crippen molar-refractivity contribution in [1.29, 1.82) is 0 Å². The smallest absolute Gasteiger partial charge is 0.175 e. The summed E-state index contributed by atoms with van der Waals surface area (Å²) in [6, 6.07) is 11.1. The van der Waals surface area contributed by atoms with Gasteiger partial charge < -0.3 is 0 Å². The van der Waals surface area contributed by atoms with E-state index in [9.17, 15) is 8.42 Å². The SMILES string of the molecule is CS(=O)(=O)c1ccc(CCCc2cccnc2)cc1. The van der Waals surface area contributed by atoms with Crippen molar-refractivity contribution in [3.8, 4) is 0 Å². The molecule has 0 radical (unpaired) electrons. The predicted molar refractivity (Wildman–Crippen MR) is 75.8 cm³/mol. The van der Waals surface area contributed by atoms with Gasteiger partial charge in [0.15, 0.2) is 9.84 Å². The van der Waals surface area contributed by atoms with Crippen LogP contribution in [0.25, 0.3) is 0 Å². The van der Waals surface area contributed by atoms with Crippen LogP contribution in [0, 0.1) is 0 Å². The second-order valence-electron chi connectivity index (χ2n) is 4.63. The molecular formula is C15H17NO2S. The highest BCUT2D eigenvalue weighted by molar-refractivity contribution is 7.90. The van der Waals surface area contributed by atoms with Crippen molar-refractivity contribution in [2.75, 3.05) is 6.26 Å². The van der Waals surface area contributed by atoms with E-state index in [1.165, 1.54) is 11.8 Å². The van der Waals surface area contributed by atoms with Gasteiger partial charge in [-0.25, -0.2) is 8.42 Å². The third-order valence-corrected chi connectivity index (χ3v) is 4.13. The maximum absolute atomic E-state index is 11.3. The van der Waals surface area contributed by atoms with Crippen LogP contribution in [0.2, 0.25) is 0 Å². The number of aromatic nitrogens is 1. The molecule has 3 nitrogen and oxygen atoms in total. The average Bonchev–Trinajstić information content (AvgIpc) is 2.39. The van der Waals surface area contributed by atoms with E-state index >= 15 is 0 Å². The van der Waals surface area contributed by atoms with Gasteiger partial charge in [0.05, 0.1) is 4.90 Å². The van der Waals surface area contributed by atoms with Crippen molar-refractivity contribution in [3.05, 3.63) is 59.9 Å². The van der Waals surface area contributed by atoms with E-state index in [2.05, 4.69) is 11.1 Å². The molecule has 0 amide bonds. The lowest BCUT2D eigenvalue weighted by atomic mass is 10.1. The molecule has 0 unspecified atom stereocenters. The first-order valence-electron chi connectivity index (χ1n) is 6.23. The van der Waals surface area contributed by atoms with Crippen LogP contribution in [0.1, 0.15) is 17.5 Å². The minimum Gasteiger partial charge on any atom is -0.264 e. The molecule has 0 spiro atoms. The van der Waals surface area contributed by atoms with E-state index in [0.717, 1.165) is 24.8 Å². The lowest BCUT2D eigenvalue weighted by Crippen LogP contribution is -1.97. The first-order valence-corrected chi connectivity index (χ1v) is 8.13. The van der Waals surface area contributed by atoms with Crippen LogP contribution in [-0.4, -0.2) is 19.7 Å². The first kappa shape index (κ1) is 13.7. The van der Waals surface area contributed by atoms with Gasteiger partial charge in [-0.15, -0.1) is 0 Å². The van der Waals surface area contributed by atoms with Crippen molar-refractivity contribution >= 4 is 9.84 Å². The van der Waals surface area contributed by atoms with E-state index in [1.807, 2.05) is 24.4 Å². The second kappa shape index (κ2) is 5.97. The lowest BCUT2D eigenvalue weighted by molar-refractivity contribution is 0.602. The minimum atomic E-state index is -3.09. The Hall–Kier alpha value is -1.68. The van der Waals surface area contributed by atoms with Crippen molar-refractivity contribution in [3.63, 3.8) is 0 Å². The summed E-state index contributed by atoms with van der Waals surface area (Å²) in [5, 5.41) is 0. The summed E-state index contributed by atoms with van der Waals surface area (Å²) in [5.74, 6) is 0. The molecule has 0 bridgehead atoms. The topological polar surface area (TPSA) is 47.0 Å². The number of pyridine rings is 1. The number of nitrogens with zero attached hydrogens (tertiary/aromatic N) is 1. The van der Waals surface area contributed by atoms with Gasteiger partial charge in [0.2, 0.25) is 0 Å². The molecule has 0 aliphatic heterocycles. The number of rotatable bonds is 5. The number of benzene rings is 1. The van der Waals surface area contributed by atoms with Gasteiger partial charge in [-0.3, -0.25) is 4.98 Å². The summed E-state index contributed by atoms with van der Waals surface area (Å²) >= 11 is 0. The Morgan fingerprint density at radius 2 is 1.68 bits per heavy atom. The van der Waals surface area contributed by atoms with Gasteiger partial charge in [-0.05, 0) is 48.6 Å². The fraction of sp³-hybridized carbons (Fsp3) is 0.267. The molecule has 0 saturated heterocycles. The number of aryl methyl sites for hydroxylation is 2.